The summed E-state index contributed by atoms with van der Waals surface area (Å²) in [6.07, 6.45) is 3.55. The molecule has 2 heterocycles. The zero-order valence-corrected chi connectivity index (χ0v) is 12.2. The lowest BCUT2D eigenvalue weighted by atomic mass is 10.0. The summed E-state index contributed by atoms with van der Waals surface area (Å²) in [5, 5.41) is 12.6. The molecular weight excluding hydrogens is 272 g/mol. The van der Waals surface area contributed by atoms with Gasteiger partial charge in [-0.3, -0.25) is 9.59 Å². The number of nitrogens with zero attached hydrogens (tertiary/aromatic N) is 1. The first kappa shape index (κ1) is 15.6. The summed E-state index contributed by atoms with van der Waals surface area (Å²) in [6, 6.07) is 2.92. The Morgan fingerprint density at radius 1 is 1.52 bits per heavy atom. The number of likely N-dealkylation sites (tertiary alicyclic amines) is 1. The zero-order chi connectivity index (χ0) is 15.2. The van der Waals surface area contributed by atoms with Gasteiger partial charge in [0.05, 0.1) is 12.8 Å². The van der Waals surface area contributed by atoms with E-state index in [1.807, 2.05) is 0 Å². The minimum absolute atomic E-state index is 0.00133. The first-order valence-electron chi connectivity index (χ1n) is 7.42. The van der Waals surface area contributed by atoms with Gasteiger partial charge in [-0.15, -0.1) is 0 Å². The number of nitrogens with one attached hydrogen (secondary N) is 1. The smallest absolute Gasteiger partial charge is 0.242 e. The molecule has 6 heteroatoms. The molecule has 2 rings (SSSR count). The highest BCUT2D eigenvalue weighted by Crippen LogP contribution is 2.18. The van der Waals surface area contributed by atoms with Crippen molar-refractivity contribution in [2.75, 3.05) is 13.1 Å². The molecule has 6 nitrogen and oxygen atoms in total. The highest BCUT2D eigenvalue weighted by molar-refractivity contribution is 5.87. The predicted octanol–water partition coefficient (Wildman–Crippen LogP) is 1.22. The summed E-state index contributed by atoms with van der Waals surface area (Å²) in [5.41, 5.74) is 0. The summed E-state index contributed by atoms with van der Waals surface area (Å²) in [4.78, 5) is 25.8. The van der Waals surface area contributed by atoms with Crippen LogP contribution in [0.1, 0.15) is 44.5 Å². The second-order valence-corrected chi connectivity index (χ2v) is 5.23. The molecule has 116 valence electrons. The maximum Gasteiger partial charge on any atom is 0.242 e. The Labute approximate surface area is 124 Å². The molecule has 1 fully saturated rings. The number of hydrogen-bond donors (Lipinski definition) is 2. The Kier molecular flexibility index (Phi) is 5.38. The van der Waals surface area contributed by atoms with Crippen molar-refractivity contribution in [1.29, 1.82) is 0 Å². The van der Waals surface area contributed by atoms with Crippen LogP contribution in [0.2, 0.25) is 0 Å². The molecule has 0 aromatic carbocycles. The summed E-state index contributed by atoms with van der Waals surface area (Å²) >= 11 is 0. The third kappa shape index (κ3) is 3.85. The van der Waals surface area contributed by atoms with Crippen molar-refractivity contribution in [2.45, 2.75) is 44.8 Å². The van der Waals surface area contributed by atoms with Gasteiger partial charge in [0.15, 0.2) is 0 Å². The zero-order valence-electron chi connectivity index (χ0n) is 12.2. The van der Waals surface area contributed by atoms with Gasteiger partial charge < -0.3 is 19.7 Å². The first-order valence-corrected chi connectivity index (χ1v) is 7.42. The van der Waals surface area contributed by atoms with E-state index in [0.29, 0.717) is 25.1 Å². The number of hydrogen-bond acceptors (Lipinski definition) is 4. The largest absolute Gasteiger partial charge is 0.467 e. The van der Waals surface area contributed by atoms with E-state index in [2.05, 4.69) is 5.32 Å². The van der Waals surface area contributed by atoms with Crippen molar-refractivity contribution in [3.8, 4) is 0 Å². The highest BCUT2D eigenvalue weighted by Gasteiger charge is 2.31. The Bertz CT molecular complexity index is 472. The van der Waals surface area contributed by atoms with Crippen molar-refractivity contribution in [1.82, 2.24) is 10.2 Å². The van der Waals surface area contributed by atoms with Crippen LogP contribution >= 0.6 is 0 Å². The van der Waals surface area contributed by atoms with Crippen LogP contribution in [0.4, 0.5) is 0 Å². The Balaban J connectivity index is 1.90. The van der Waals surface area contributed by atoms with E-state index in [-0.39, 0.29) is 18.4 Å². The van der Waals surface area contributed by atoms with E-state index < -0.39 is 12.1 Å². The average molecular weight is 294 g/mol. The quantitative estimate of drug-likeness (QED) is 0.855. The van der Waals surface area contributed by atoms with Gasteiger partial charge in [-0.2, -0.15) is 0 Å². The molecule has 1 aromatic heterocycles. The molecule has 0 aliphatic carbocycles. The minimum Gasteiger partial charge on any atom is -0.467 e. The number of carbonyl (C=O) groups is 2. The van der Waals surface area contributed by atoms with E-state index in [1.165, 1.54) is 6.26 Å². The molecule has 0 spiro atoms. The van der Waals surface area contributed by atoms with Crippen LogP contribution in [0, 0.1) is 0 Å². The van der Waals surface area contributed by atoms with Crippen LogP contribution in [0.3, 0.4) is 0 Å². The SMILES string of the molecule is CCC(=O)N1CCCCC1C(=O)NCC(O)c1ccco1. The average Bonchev–Trinajstić information content (AvgIpc) is 3.06. The lowest BCUT2D eigenvalue weighted by Gasteiger charge is -2.34. The Morgan fingerprint density at radius 3 is 3.00 bits per heavy atom. The van der Waals surface area contributed by atoms with Gasteiger partial charge in [0.1, 0.15) is 17.9 Å². The van der Waals surface area contributed by atoms with Gasteiger partial charge >= 0.3 is 0 Å². The van der Waals surface area contributed by atoms with E-state index in [0.717, 1.165) is 12.8 Å². The monoisotopic (exact) mass is 294 g/mol. The normalized spacial score (nSPS) is 20.1. The Morgan fingerprint density at radius 2 is 2.33 bits per heavy atom. The number of aliphatic hydroxyl groups excluding tert-OH is 1. The first-order chi connectivity index (χ1) is 10.1. The second-order valence-electron chi connectivity index (χ2n) is 5.23. The molecule has 2 unspecified atom stereocenters. The minimum atomic E-state index is -0.872. The summed E-state index contributed by atoms with van der Waals surface area (Å²) in [6.45, 7) is 2.51. The molecule has 1 aliphatic heterocycles. The van der Waals surface area contributed by atoms with E-state index in [1.54, 1.807) is 24.0 Å². The molecule has 2 amide bonds. The van der Waals surface area contributed by atoms with Gasteiger partial charge in [-0.25, -0.2) is 0 Å². The van der Waals surface area contributed by atoms with Crippen LogP contribution in [0.5, 0.6) is 0 Å². The standard InChI is InChI=1S/C15H22N2O4/c1-2-14(19)17-8-4-3-6-11(17)15(20)16-10-12(18)13-7-5-9-21-13/h5,7,9,11-12,18H,2-4,6,8,10H2,1H3,(H,16,20). The molecule has 21 heavy (non-hydrogen) atoms. The number of furan rings is 1. The van der Waals surface area contributed by atoms with Crippen molar-refractivity contribution in [3.05, 3.63) is 24.2 Å². The van der Waals surface area contributed by atoms with Gasteiger partial charge in [0.2, 0.25) is 11.8 Å². The summed E-state index contributed by atoms with van der Waals surface area (Å²) in [5.74, 6) is 0.212. The number of piperidine rings is 1. The molecule has 2 N–H and O–H groups in total. The maximum atomic E-state index is 12.3. The number of rotatable bonds is 5. The third-order valence-corrected chi connectivity index (χ3v) is 3.77. The third-order valence-electron chi connectivity index (χ3n) is 3.77. The number of amides is 2. The molecular formula is C15H22N2O4. The van der Waals surface area contributed by atoms with Crippen LogP contribution in [0.25, 0.3) is 0 Å². The van der Waals surface area contributed by atoms with Gasteiger partial charge in [-0.05, 0) is 31.4 Å². The fourth-order valence-electron chi connectivity index (χ4n) is 2.60. The summed E-state index contributed by atoms with van der Waals surface area (Å²) in [7, 11) is 0. The second kappa shape index (κ2) is 7.26. The molecule has 1 aliphatic rings. The number of aliphatic hydroxyl groups is 1. The van der Waals surface area contributed by atoms with Crippen molar-refractivity contribution in [3.63, 3.8) is 0 Å². The molecule has 2 atom stereocenters. The van der Waals surface area contributed by atoms with Crippen molar-refractivity contribution < 1.29 is 19.1 Å². The fourth-order valence-corrected chi connectivity index (χ4v) is 2.60. The van der Waals surface area contributed by atoms with E-state index >= 15 is 0 Å². The van der Waals surface area contributed by atoms with Crippen molar-refractivity contribution >= 4 is 11.8 Å². The number of carbonyl (C=O) groups excluding carboxylic acids is 2. The van der Waals surface area contributed by atoms with Gasteiger partial charge in [-0.1, -0.05) is 6.92 Å². The predicted molar refractivity (Wildman–Crippen MR) is 76.3 cm³/mol. The van der Waals surface area contributed by atoms with Crippen molar-refractivity contribution in [2.24, 2.45) is 0 Å². The fraction of sp³-hybridized carbons (Fsp3) is 0.600. The highest BCUT2D eigenvalue weighted by atomic mass is 16.4. The Hall–Kier alpha value is -1.82. The van der Waals surface area contributed by atoms with Gasteiger partial charge in [0, 0.05) is 13.0 Å². The maximum absolute atomic E-state index is 12.3. The van der Waals surface area contributed by atoms with Crippen LogP contribution in [-0.4, -0.2) is 41.0 Å². The lowest BCUT2D eigenvalue weighted by molar-refractivity contribution is -0.142. The van der Waals surface area contributed by atoms with Gasteiger partial charge in [0.25, 0.3) is 0 Å². The lowest BCUT2D eigenvalue weighted by Crippen LogP contribution is -2.52. The molecule has 1 saturated heterocycles. The topological polar surface area (TPSA) is 82.8 Å². The molecule has 1 aromatic rings. The van der Waals surface area contributed by atoms with E-state index in [9.17, 15) is 14.7 Å². The van der Waals surface area contributed by atoms with Crippen LogP contribution in [0.15, 0.2) is 22.8 Å². The van der Waals surface area contributed by atoms with E-state index in [4.69, 9.17) is 4.42 Å². The van der Waals surface area contributed by atoms with Crippen LogP contribution < -0.4 is 5.32 Å². The van der Waals surface area contributed by atoms with Crippen LogP contribution in [-0.2, 0) is 9.59 Å². The molecule has 0 bridgehead atoms. The summed E-state index contributed by atoms with van der Waals surface area (Å²) < 4.78 is 5.08. The molecule has 0 radical (unpaired) electrons. The molecule has 0 saturated carbocycles.